The lowest BCUT2D eigenvalue weighted by molar-refractivity contribution is -0.117. The van der Waals surface area contributed by atoms with Gasteiger partial charge >= 0.3 is 0 Å². The predicted octanol–water partition coefficient (Wildman–Crippen LogP) is 2.88. The molecule has 0 aliphatic heterocycles. The van der Waals surface area contributed by atoms with Crippen LogP contribution in [-0.4, -0.2) is 10.1 Å². The van der Waals surface area contributed by atoms with E-state index >= 15 is 0 Å². The van der Waals surface area contributed by atoms with Crippen LogP contribution >= 0.6 is 0 Å². The number of benzene rings is 2. The van der Waals surface area contributed by atoms with Gasteiger partial charge in [-0.1, -0.05) is 54.6 Å². The molecular formula is C16H17NO2S. The second kappa shape index (κ2) is 6.48. The van der Waals surface area contributed by atoms with E-state index in [0.717, 1.165) is 16.7 Å². The normalized spacial score (nSPS) is 13.5. The van der Waals surface area contributed by atoms with E-state index in [9.17, 15) is 9.00 Å². The first-order chi connectivity index (χ1) is 9.59. The summed E-state index contributed by atoms with van der Waals surface area (Å²) in [5.41, 5.74) is 2.94. The summed E-state index contributed by atoms with van der Waals surface area (Å²) in [6.45, 7) is 3.36. The molecule has 0 aromatic heterocycles. The minimum absolute atomic E-state index is 0.294. The maximum absolute atomic E-state index is 12.5. The fraction of sp³-hybridized carbons (Fsp3) is 0.188. The summed E-state index contributed by atoms with van der Waals surface area (Å²) in [5, 5.41) is -0.360. The van der Waals surface area contributed by atoms with Crippen LogP contribution in [0.2, 0.25) is 0 Å². The average Bonchev–Trinajstić information content (AvgIpc) is 2.42. The SMILES string of the molecule is CC(=O)NS(=O)C(c1ccccc1)c1ccccc1C. The van der Waals surface area contributed by atoms with Crippen molar-refractivity contribution >= 4 is 16.9 Å². The standard InChI is InChI=1S/C16H17NO2S/c1-12-8-6-7-11-15(12)16(20(19)17-13(2)18)14-9-4-3-5-10-14/h3-11,16H,1-2H3,(H,17,18). The molecule has 0 bridgehead atoms. The lowest BCUT2D eigenvalue weighted by Crippen LogP contribution is -2.28. The van der Waals surface area contributed by atoms with E-state index < -0.39 is 11.0 Å². The Balaban J connectivity index is 2.48. The number of carbonyl (C=O) groups excluding carboxylic acids is 1. The van der Waals surface area contributed by atoms with E-state index in [1.807, 2.05) is 61.5 Å². The van der Waals surface area contributed by atoms with Crippen molar-refractivity contribution < 1.29 is 9.00 Å². The van der Waals surface area contributed by atoms with Gasteiger partial charge in [0.15, 0.2) is 0 Å². The Morgan fingerprint density at radius 3 is 2.25 bits per heavy atom. The number of aryl methyl sites for hydroxylation is 1. The molecule has 20 heavy (non-hydrogen) atoms. The number of rotatable bonds is 4. The van der Waals surface area contributed by atoms with Crippen molar-refractivity contribution in [2.24, 2.45) is 0 Å². The lowest BCUT2D eigenvalue weighted by atomic mass is 10.0. The van der Waals surface area contributed by atoms with Gasteiger partial charge in [0.1, 0.15) is 16.2 Å². The molecule has 2 rings (SSSR count). The summed E-state index contributed by atoms with van der Waals surface area (Å²) < 4.78 is 15.0. The van der Waals surface area contributed by atoms with Gasteiger partial charge in [-0.25, -0.2) is 4.21 Å². The second-order valence-electron chi connectivity index (χ2n) is 4.60. The molecule has 1 amide bonds. The number of hydrogen-bond acceptors (Lipinski definition) is 2. The number of amides is 1. The highest BCUT2D eigenvalue weighted by atomic mass is 32.2. The first-order valence-electron chi connectivity index (χ1n) is 6.38. The van der Waals surface area contributed by atoms with Crippen molar-refractivity contribution in [3.05, 3.63) is 71.3 Å². The van der Waals surface area contributed by atoms with E-state index in [1.165, 1.54) is 6.92 Å². The topological polar surface area (TPSA) is 46.2 Å². The van der Waals surface area contributed by atoms with Crippen LogP contribution in [0.3, 0.4) is 0 Å². The molecule has 0 saturated heterocycles. The monoisotopic (exact) mass is 287 g/mol. The quantitative estimate of drug-likeness (QED) is 0.940. The Labute approximate surface area is 121 Å². The minimum atomic E-state index is -1.50. The molecule has 0 fully saturated rings. The van der Waals surface area contributed by atoms with Crippen LogP contribution in [0.1, 0.15) is 28.9 Å². The summed E-state index contributed by atoms with van der Waals surface area (Å²) in [7, 11) is -1.50. The summed E-state index contributed by atoms with van der Waals surface area (Å²) in [6.07, 6.45) is 0. The van der Waals surface area contributed by atoms with E-state index in [-0.39, 0.29) is 11.2 Å². The Hall–Kier alpha value is -1.94. The Bertz CT molecular complexity index is 625. The molecule has 2 aromatic rings. The van der Waals surface area contributed by atoms with Gasteiger partial charge in [-0.05, 0) is 23.6 Å². The van der Waals surface area contributed by atoms with Crippen molar-refractivity contribution in [2.75, 3.05) is 0 Å². The van der Waals surface area contributed by atoms with Gasteiger partial charge in [0, 0.05) is 6.92 Å². The van der Waals surface area contributed by atoms with Crippen LogP contribution in [0.5, 0.6) is 0 Å². The van der Waals surface area contributed by atoms with Gasteiger partial charge in [0.05, 0.1) is 0 Å². The Morgan fingerprint density at radius 2 is 1.65 bits per heavy atom. The molecule has 0 heterocycles. The van der Waals surface area contributed by atoms with Gasteiger partial charge in [-0.15, -0.1) is 0 Å². The molecular weight excluding hydrogens is 270 g/mol. The smallest absolute Gasteiger partial charge is 0.228 e. The number of hydrogen-bond donors (Lipinski definition) is 1. The van der Waals surface area contributed by atoms with Crippen molar-refractivity contribution in [1.82, 2.24) is 4.72 Å². The zero-order chi connectivity index (χ0) is 14.5. The van der Waals surface area contributed by atoms with Crippen molar-refractivity contribution in [1.29, 1.82) is 0 Å². The van der Waals surface area contributed by atoms with Crippen LogP contribution in [0.4, 0.5) is 0 Å². The Kier molecular flexibility index (Phi) is 4.69. The zero-order valence-corrected chi connectivity index (χ0v) is 12.3. The molecule has 2 unspecified atom stereocenters. The van der Waals surface area contributed by atoms with E-state index in [0.29, 0.717) is 0 Å². The third kappa shape index (κ3) is 3.33. The third-order valence-electron chi connectivity index (χ3n) is 3.03. The lowest BCUT2D eigenvalue weighted by Gasteiger charge is -2.19. The van der Waals surface area contributed by atoms with Crippen LogP contribution in [-0.2, 0) is 15.8 Å². The minimum Gasteiger partial charge on any atom is -0.275 e. The highest BCUT2D eigenvalue weighted by Gasteiger charge is 2.23. The zero-order valence-electron chi connectivity index (χ0n) is 11.5. The van der Waals surface area contributed by atoms with Crippen LogP contribution in [0.15, 0.2) is 54.6 Å². The maximum atomic E-state index is 12.5. The highest BCUT2D eigenvalue weighted by molar-refractivity contribution is 7.84. The largest absolute Gasteiger partial charge is 0.275 e. The first kappa shape index (κ1) is 14.5. The molecule has 0 radical (unpaired) electrons. The fourth-order valence-electron chi connectivity index (χ4n) is 2.13. The molecule has 4 heteroatoms. The van der Waals surface area contributed by atoms with Crippen molar-refractivity contribution in [2.45, 2.75) is 19.1 Å². The Morgan fingerprint density at radius 1 is 1.05 bits per heavy atom. The molecule has 3 nitrogen and oxygen atoms in total. The second-order valence-corrected chi connectivity index (χ2v) is 5.87. The van der Waals surface area contributed by atoms with E-state index in [1.54, 1.807) is 0 Å². The van der Waals surface area contributed by atoms with Gasteiger partial charge in [0.2, 0.25) is 5.91 Å². The summed E-state index contributed by atoms with van der Waals surface area (Å²) in [6, 6.07) is 17.4. The number of carbonyl (C=O) groups is 1. The van der Waals surface area contributed by atoms with Crippen LogP contribution in [0, 0.1) is 6.92 Å². The molecule has 1 N–H and O–H groups in total. The van der Waals surface area contributed by atoms with Crippen LogP contribution < -0.4 is 4.72 Å². The summed E-state index contributed by atoms with van der Waals surface area (Å²) in [4.78, 5) is 11.2. The van der Waals surface area contributed by atoms with Gasteiger partial charge in [-0.2, -0.15) is 0 Å². The van der Waals surface area contributed by atoms with Gasteiger partial charge in [-0.3, -0.25) is 9.52 Å². The molecule has 104 valence electrons. The van der Waals surface area contributed by atoms with E-state index in [4.69, 9.17) is 0 Å². The van der Waals surface area contributed by atoms with Crippen LogP contribution in [0.25, 0.3) is 0 Å². The third-order valence-corrected chi connectivity index (χ3v) is 4.47. The van der Waals surface area contributed by atoms with Gasteiger partial charge < -0.3 is 0 Å². The predicted molar refractivity (Wildman–Crippen MR) is 81.4 cm³/mol. The van der Waals surface area contributed by atoms with Crippen molar-refractivity contribution in [3.63, 3.8) is 0 Å². The molecule has 0 saturated carbocycles. The average molecular weight is 287 g/mol. The highest BCUT2D eigenvalue weighted by Crippen LogP contribution is 2.29. The van der Waals surface area contributed by atoms with Crippen molar-refractivity contribution in [3.8, 4) is 0 Å². The first-order valence-corrected chi connectivity index (χ1v) is 7.59. The molecule has 0 aliphatic carbocycles. The molecule has 2 aromatic carbocycles. The molecule has 0 aliphatic rings. The molecule has 2 atom stereocenters. The maximum Gasteiger partial charge on any atom is 0.228 e. The van der Waals surface area contributed by atoms with E-state index in [2.05, 4.69) is 4.72 Å². The summed E-state index contributed by atoms with van der Waals surface area (Å²) in [5.74, 6) is -0.294. The summed E-state index contributed by atoms with van der Waals surface area (Å²) >= 11 is 0. The number of nitrogens with one attached hydrogen (secondary N) is 1. The van der Waals surface area contributed by atoms with Gasteiger partial charge in [0.25, 0.3) is 0 Å². The fourth-order valence-corrected chi connectivity index (χ4v) is 3.43. The molecule has 0 spiro atoms.